The van der Waals surface area contributed by atoms with Gasteiger partial charge >= 0.3 is 6.03 Å². The summed E-state index contributed by atoms with van der Waals surface area (Å²) in [6.45, 7) is 3.19. The molecule has 126 valence electrons. The van der Waals surface area contributed by atoms with Gasteiger partial charge in [0.1, 0.15) is 5.82 Å². The molecule has 5 nitrogen and oxygen atoms in total. The van der Waals surface area contributed by atoms with Crippen molar-refractivity contribution in [3.05, 3.63) is 59.9 Å². The summed E-state index contributed by atoms with van der Waals surface area (Å²) in [6.07, 6.45) is 0. The van der Waals surface area contributed by atoms with Crippen LogP contribution in [-0.4, -0.2) is 23.9 Å². The van der Waals surface area contributed by atoms with Crippen LogP contribution in [0.2, 0.25) is 0 Å². The molecule has 0 aromatic heterocycles. The van der Waals surface area contributed by atoms with Gasteiger partial charge in [-0.3, -0.25) is 4.79 Å². The molecule has 0 radical (unpaired) electrons. The third-order valence-corrected chi connectivity index (χ3v) is 3.71. The fourth-order valence-electron chi connectivity index (χ4n) is 2.25. The molecule has 0 heterocycles. The highest BCUT2D eigenvalue weighted by molar-refractivity contribution is 5.91. The van der Waals surface area contributed by atoms with Crippen molar-refractivity contribution in [1.82, 2.24) is 4.90 Å². The number of rotatable bonds is 4. The Kier molecular flexibility index (Phi) is 5.52. The summed E-state index contributed by atoms with van der Waals surface area (Å²) in [5.41, 5.74) is 1.69. The summed E-state index contributed by atoms with van der Waals surface area (Å²) >= 11 is 0. The van der Waals surface area contributed by atoms with E-state index in [4.69, 9.17) is 0 Å². The Balaban J connectivity index is 2.03. The van der Waals surface area contributed by atoms with Gasteiger partial charge in [-0.05, 0) is 37.3 Å². The minimum absolute atomic E-state index is 0.162. The lowest BCUT2D eigenvalue weighted by Crippen LogP contribution is -2.34. The summed E-state index contributed by atoms with van der Waals surface area (Å²) in [7, 11) is 1.61. The maximum Gasteiger partial charge on any atom is 0.322 e. The number of nitrogens with one attached hydrogen (secondary N) is 2. The molecular formula is C18H20FN3O2. The van der Waals surface area contributed by atoms with Gasteiger partial charge in [-0.1, -0.05) is 18.2 Å². The molecule has 0 saturated carbocycles. The zero-order valence-corrected chi connectivity index (χ0v) is 13.8. The van der Waals surface area contributed by atoms with E-state index in [1.54, 1.807) is 56.4 Å². The highest BCUT2D eigenvalue weighted by atomic mass is 19.1. The third kappa shape index (κ3) is 4.32. The molecular weight excluding hydrogens is 309 g/mol. The van der Waals surface area contributed by atoms with E-state index in [9.17, 15) is 14.0 Å². The van der Waals surface area contributed by atoms with Crippen LogP contribution in [0.4, 0.5) is 20.6 Å². The second kappa shape index (κ2) is 7.59. The number of benzene rings is 2. The van der Waals surface area contributed by atoms with Gasteiger partial charge in [-0.15, -0.1) is 0 Å². The number of urea groups is 1. The van der Waals surface area contributed by atoms with Crippen molar-refractivity contribution in [3.63, 3.8) is 0 Å². The Morgan fingerprint density at radius 2 is 1.54 bits per heavy atom. The van der Waals surface area contributed by atoms with Gasteiger partial charge in [0, 0.05) is 30.9 Å². The second-order valence-corrected chi connectivity index (χ2v) is 5.50. The summed E-state index contributed by atoms with van der Waals surface area (Å²) in [6, 6.07) is 12.4. The molecule has 2 rings (SSSR count). The van der Waals surface area contributed by atoms with Gasteiger partial charge in [-0.2, -0.15) is 0 Å². The van der Waals surface area contributed by atoms with Crippen molar-refractivity contribution >= 4 is 23.3 Å². The SMILES string of the molecule is CC(=O)Nc1ccc(NC(=O)N(C)C(C)c2ccccc2F)cc1. The standard InChI is InChI=1S/C18H20FN3O2/c1-12(16-6-4-5-7-17(16)19)22(3)18(24)21-15-10-8-14(9-11-15)20-13(2)23/h4-12H,1-3H3,(H,20,23)(H,21,24). The maximum atomic E-state index is 13.8. The van der Waals surface area contributed by atoms with Gasteiger partial charge in [-0.25, -0.2) is 9.18 Å². The fraction of sp³-hybridized carbons (Fsp3) is 0.222. The number of halogens is 1. The zero-order valence-electron chi connectivity index (χ0n) is 13.8. The molecule has 2 aromatic carbocycles. The Labute approximate surface area is 140 Å². The van der Waals surface area contributed by atoms with Gasteiger partial charge in [0.05, 0.1) is 6.04 Å². The van der Waals surface area contributed by atoms with Crippen molar-refractivity contribution in [2.45, 2.75) is 19.9 Å². The van der Waals surface area contributed by atoms with E-state index in [1.165, 1.54) is 17.9 Å². The largest absolute Gasteiger partial charge is 0.326 e. The first kappa shape index (κ1) is 17.5. The predicted octanol–water partition coefficient (Wildman–Crippen LogP) is 4.01. The number of nitrogens with zero attached hydrogens (tertiary/aromatic N) is 1. The van der Waals surface area contributed by atoms with Crippen LogP contribution in [-0.2, 0) is 4.79 Å². The summed E-state index contributed by atoms with van der Waals surface area (Å²) in [5, 5.41) is 5.39. The van der Waals surface area contributed by atoms with E-state index in [2.05, 4.69) is 10.6 Å². The van der Waals surface area contributed by atoms with Gasteiger partial charge < -0.3 is 15.5 Å². The smallest absolute Gasteiger partial charge is 0.322 e. The van der Waals surface area contributed by atoms with Crippen molar-refractivity contribution in [2.75, 3.05) is 17.7 Å². The second-order valence-electron chi connectivity index (χ2n) is 5.50. The summed E-state index contributed by atoms with van der Waals surface area (Å²) in [4.78, 5) is 24.7. The lowest BCUT2D eigenvalue weighted by atomic mass is 10.1. The Hall–Kier alpha value is -2.89. The first-order valence-electron chi connectivity index (χ1n) is 7.54. The van der Waals surface area contributed by atoms with E-state index in [-0.39, 0.29) is 17.8 Å². The van der Waals surface area contributed by atoms with E-state index < -0.39 is 6.04 Å². The van der Waals surface area contributed by atoms with Crippen molar-refractivity contribution < 1.29 is 14.0 Å². The molecule has 0 fully saturated rings. The molecule has 24 heavy (non-hydrogen) atoms. The Morgan fingerprint density at radius 1 is 1.00 bits per heavy atom. The van der Waals surface area contributed by atoms with Crippen LogP contribution in [0.3, 0.4) is 0 Å². The van der Waals surface area contributed by atoms with Crippen LogP contribution >= 0.6 is 0 Å². The van der Waals surface area contributed by atoms with Gasteiger partial charge in [0.15, 0.2) is 0 Å². The van der Waals surface area contributed by atoms with E-state index >= 15 is 0 Å². The van der Waals surface area contributed by atoms with E-state index in [0.29, 0.717) is 16.9 Å². The molecule has 0 spiro atoms. The fourth-order valence-corrected chi connectivity index (χ4v) is 2.25. The number of carbonyl (C=O) groups excluding carboxylic acids is 2. The average Bonchev–Trinajstić information content (AvgIpc) is 2.55. The number of hydrogen-bond donors (Lipinski definition) is 2. The van der Waals surface area contributed by atoms with E-state index in [1.807, 2.05) is 0 Å². The van der Waals surface area contributed by atoms with E-state index in [0.717, 1.165) is 0 Å². The molecule has 6 heteroatoms. The predicted molar refractivity (Wildman–Crippen MR) is 92.3 cm³/mol. The van der Waals surface area contributed by atoms with Crippen molar-refractivity contribution in [2.24, 2.45) is 0 Å². The average molecular weight is 329 g/mol. The molecule has 1 atom stereocenters. The van der Waals surface area contributed by atoms with Crippen LogP contribution < -0.4 is 10.6 Å². The minimum atomic E-state index is -0.412. The van der Waals surface area contributed by atoms with Crippen molar-refractivity contribution in [3.8, 4) is 0 Å². The molecule has 2 aromatic rings. The lowest BCUT2D eigenvalue weighted by molar-refractivity contribution is -0.114. The van der Waals surface area contributed by atoms with Gasteiger partial charge in [0.2, 0.25) is 5.91 Å². The van der Waals surface area contributed by atoms with Crippen LogP contribution in [0.1, 0.15) is 25.5 Å². The molecule has 2 N–H and O–H groups in total. The van der Waals surface area contributed by atoms with Crippen LogP contribution in [0.25, 0.3) is 0 Å². The van der Waals surface area contributed by atoms with Crippen LogP contribution in [0.5, 0.6) is 0 Å². The molecule has 0 aliphatic carbocycles. The van der Waals surface area contributed by atoms with Gasteiger partial charge in [0.25, 0.3) is 0 Å². The minimum Gasteiger partial charge on any atom is -0.326 e. The molecule has 0 bridgehead atoms. The third-order valence-electron chi connectivity index (χ3n) is 3.71. The van der Waals surface area contributed by atoms with Crippen LogP contribution in [0.15, 0.2) is 48.5 Å². The monoisotopic (exact) mass is 329 g/mol. The molecule has 0 saturated heterocycles. The quantitative estimate of drug-likeness (QED) is 0.890. The Bertz CT molecular complexity index is 731. The molecule has 0 aliphatic rings. The van der Waals surface area contributed by atoms with Crippen LogP contribution in [0, 0.1) is 5.82 Å². The Morgan fingerprint density at radius 3 is 2.08 bits per heavy atom. The molecule has 3 amide bonds. The molecule has 1 unspecified atom stereocenters. The number of hydrogen-bond acceptors (Lipinski definition) is 2. The first-order chi connectivity index (χ1) is 11.4. The first-order valence-corrected chi connectivity index (χ1v) is 7.54. The molecule has 0 aliphatic heterocycles. The summed E-state index contributed by atoms with van der Waals surface area (Å²) in [5.74, 6) is -0.505. The topological polar surface area (TPSA) is 61.4 Å². The summed E-state index contributed by atoms with van der Waals surface area (Å²) < 4.78 is 13.8. The maximum absolute atomic E-state index is 13.8. The number of carbonyl (C=O) groups is 2. The van der Waals surface area contributed by atoms with Crippen molar-refractivity contribution in [1.29, 1.82) is 0 Å². The zero-order chi connectivity index (χ0) is 17.7. The highest BCUT2D eigenvalue weighted by Gasteiger charge is 2.19. The highest BCUT2D eigenvalue weighted by Crippen LogP contribution is 2.22. The number of anilines is 2. The lowest BCUT2D eigenvalue weighted by Gasteiger charge is -2.26. The number of amides is 3. The normalized spacial score (nSPS) is 11.5.